The van der Waals surface area contributed by atoms with Crippen LogP contribution in [0.4, 0.5) is 5.69 Å². The molecule has 2 heterocycles. The summed E-state index contributed by atoms with van der Waals surface area (Å²) in [5.74, 6) is 0.451. The molecule has 208 valence electrons. The highest BCUT2D eigenvalue weighted by atomic mass is 16.5. The van der Waals surface area contributed by atoms with Crippen molar-refractivity contribution in [2.45, 2.75) is 44.4 Å². The monoisotopic (exact) mass is 538 g/mol. The van der Waals surface area contributed by atoms with Gasteiger partial charge in [-0.25, -0.2) is 0 Å². The van der Waals surface area contributed by atoms with E-state index in [-0.39, 0.29) is 17.7 Å². The van der Waals surface area contributed by atoms with E-state index in [9.17, 15) is 9.90 Å². The third-order valence-corrected chi connectivity index (χ3v) is 8.14. The summed E-state index contributed by atoms with van der Waals surface area (Å²) in [6, 6.07) is 24.2. The number of piperazine rings is 1. The number of hydrogen-bond donors (Lipinski definition) is 2. The topological polar surface area (TPSA) is 70.0 Å². The van der Waals surface area contributed by atoms with Gasteiger partial charge in [0.05, 0.1) is 0 Å². The van der Waals surface area contributed by atoms with Crippen molar-refractivity contribution in [3.05, 3.63) is 84.6 Å². The van der Waals surface area contributed by atoms with Crippen LogP contribution in [0.5, 0.6) is 5.75 Å². The zero-order valence-electron chi connectivity index (χ0n) is 23.1. The Morgan fingerprint density at radius 3 is 2.67 bits per heavy atom. The van der Waals surface area contributed by atoms with E-state index in [1.807, 2.05) is 12.1 Å². The molecule has 1 saturated carbocycles. The second-order valence-electron chi connectivity index (χ2n) is 10.9. The van der Waals surface area contributed by atoms with E-state index < -0.39 is 0 Å². The van der Waals surface area contributed by atoms with Gasteiger partial charge in [0.2, 0.25) is 5.91 Å². The van der Waals surface area contributed by atoms with Crippen molar-refractivity contribution in [2.75, 3.05) is 38.3 Å². The molecule has 6 rings (SSSR count). The number of phenolic OH excluding ortho intramolecular Hbond substituents is 1. The maximum absolute atomic E-state index is 14.3. The van der Waals surface area contributed by atoms with Crippen LogP contribution in [-0.4, -0.2) is 65.9 Å². The minimum absolute atomic E-state index is 0.195. The van der Waals surface area contributed by atoms with E-state index in [0.29, 0.717) is 19.1 Å². The molecule has 0 spiro atoms. The van der Waals surface area contributed by atoms with E-state index in [0.717, 1.165) is 62.3 Å². The van der Waals surface area contributed by atoms with Gasteiger partial charge in [-0.05, 0) is 66.3 Å². The molecule has 0 radical (unpaired) electrons. The SMILES string of the molecule is COCCCn1cc(CN(C(=O)C2CNCCN2c2cccc(-c3ccc(O)cc3)c2)C2CC2)c2ccccc21. The molecule has 2 N–H and O–H groups in total. The van der Waals surface area contributed by atoms with Crippen molar-refractivity contribution in [1.29, 1.82) is 0 Å². The van der Waals surface area contributed by atoms with Crippen molar-refractivity contribution in [3.63, 3.8) is 0 Å². The fraction of sp³-hybridized carbons (Fsp3) is 0.364. The van der Waals surface area contributed by atoms with Crippen molar-refractivity contribution in [1.82, 2.24) is 14.8 Å². The molecule has 2 fully saturated rings. The van der Waals surface area contributed by atoms with Gasteiger partial charge in [-0.15, -0.1) is 0 Å². The van der Waals surface area contributed by atoms with E-state index in [2.05, 4.69) is 74.4 Å². The van der Waals surface area contributed by atoms with Crippen LogP contribution in [0.25, 0.3) is 22.0 Å². The number of carbonyl (C=O) groups is 1. The fourth-order valence-corrected chi connectivity index (χ4v) is 5.91. The fourth-order valence-electron chi connectivity index (χ4n) is 5.91. The Kier molecular flexibility index (Phi) is 7.75. The summed E-state index contributed by atoms with van der Waals surface area (Å²) in [6.45, 7) is 4.48. The highest BCUT2D eigenvalue weighted by molar-refractivity contribution is 5.88. The number of aryl methyl sites for hydroxylation is 1. The highest BCUT2D eigenvalue weighted by Crippen LogP contribution is 2.33. The van der Waals surface area contributed by atoms with Gasteiger partial charge in [-0.1, -0.05) is 42.5 Å². The zero-order chi connectivity index (χ0) is 27.5. The predicted molar refractivity (Wildman–Crippen MR) is 160 cm³/mol. The molecule has 1 amide bonds. The number of nitrogens with one attached hydrogen (secondary N) is 1. The first kappa shape index (κ1) is 26.4. The number of carbonyl (C=O) groups excluding carboxylic acids is 1. The number of rotatable bonds is 10. The minimum Gasteiger partial charge on any atom is -0.508 e. The second kappa shape index (κ2) is 11.7. The number of nitrogens with zero attached hydrogens (tertiary/aromatic N) is 3. The Balaban J connectivity index is 1.26. The van der Waals surface area contributed by atoms with Crippen LogP contribution in [0, 0.1) is 0 Å². The molecule has 1 aromatic heterocycles. The first-order valence-electron chi connectivity index (χ1n) is 14.4. The number of ether oxygens (including phenoxy) is 1. The largest absolute Gasteiger partial charge is 0.508 e. The molecule has 3 aromatic carbocycles. The number of para-hydroxylation sites is 1. The van der Waals surface area contributed by atoms with Crippen LogP contribution >= 0.6 is 0 Å². The van der Waals surface area contributed by atoms with Crippen LogP contribution in [0.3, 0.4) is 0 Å². The summed E-state index contributed by atoms with van der Waals surface area (Å²) in [5, 5.41) is 14.4. The summed E-state index contributed by atoms with van der Waals surface area (Å²) in [6.07, 6.45) is 5.32. The maximum Gasteiger partial charge on any atom is 0.247 e. The lowest BCUT2D eigenvalue weighted by molar-refractivity contribution is -0.134. The summed E-state index contributed by atoms with van der Waals surface area (Å²) in [5.41, 5.74) is 5.58. The molecular formula is C33H38N4O3. The number of aromatic nitrogens is 1. The molecule has 1 unspecified atom stereocenters. The van der Waals surface area contributed by atoms with Crippen LogP contribution < -0.4 is 10.2 Å². The van der Waals surface area contributed by atoms with Crippen LogP contribution in [-0.2, 0) is 22.6 Å². The molecule has 1 aliphatic carbocycles. The number of hydrogen-bond acceptors (Lipinski definition) is 5. The predicted octanol–water partition coefficient (Wildman–Crippen LogP) is 5.02. The normalized spacial score (nSPS) is 17.3. The lowest BCUT2D eigenvalue weighted by Gasteiger charge is -2.40. The second-order valence-corrected chi connectivity index (χ2v) is 10.9. The third kappa shape index (κ3) is 5.58. The van der Waals surface area contributed by atoms with Crippen molar-refractivity contribution in [2.24, 2.45) is 0 Å². The number of methoxy groups -OCH3 is 1. The van der Waals surface area contributed by atoms with Gasteiger partial charge in [-0.3, -0.25) is 4.79 Å². The van der Waals surface area contributed by atoms with Crippen LogP contribution in [0.1, 0.15) is 24.8 Å². The number of benzene rings is 3. The molecule has 1 aliphatic heterocycles. The van der Waals surface area contributed by atoms with E-state index in [1.165, 1.54) is 16.5 Å². The van der Waals surface area contributed by atoms with E-state index in [1.54, 1.807) is 19.2 Å². The Hall–Kier alpha value is -3.81. The van der Waals surface area contributed by atoms with Crippen LogP contribution in [0.2, 0.25) is 0 Å². The van der Waals surface area contributed by atoms with Gasteiger partial charge in [0, 0.05) is 75.3 Å². The molecule has 2 aliphatic rings. The number of anilines is 1. The molecule has 7 nitrogen and oxygen atoms in total. The number of amides is 1. The van der Waals surface area contributed by atoms with E-state index >= 15 is 0 Å². The Labute approximate surface area is 236 Å². The molecule has 1 atom stereocenters. The lowest BCUT2D eigenvalue weighted by Crippen LogP contribution is -2.59. The molecular weight excluding hydrogens is 500 g/mol. The lowest BCUT2D eigenvalue weighted by atomic mass is 10.0. The van der Waals surface area contributed by atoms with Gasteiger partial charge in [-0.2, -0.15) is 0 Å². The first-order valence-corrected chi connectivity index (χ1v) is 14.4. The zero-order valence-corrected chi connectivity index (χ0v) is 23.1. The average Bonchev–Trinajstić information content (AvgIpc) is 3.78. The van der Waals surface area contributed by atoms with Gasteiger partial charge in [0.25, 0.3) is 0 Å². The average molecular weight is 539 g/mol. The number of phenols is 1. The smallest absolute Gasteiger partial charge is 0.247 e. The Morgan fingerprint density at radius 2 is 1.88 bits per heavy atom. The molecule has 7 heteroatoms. The van der Waals surface area contributed by atoms with Crippen LogP contribution in [0.15, 0.2) is 79.0 Å². The minimum atomic E-state index is -0.264. The van der Waals surface area contributed by atoms with Crippen molar-refractivity contribution < 1.29 is 14.6 Å². The standard InChI is InChI=1S/C33H38N4O3/c1-40-19-5-17-35-22-26(30-8-2-3-9-31(30)35)23-37(27-12-13-27)33(39)32-21-34-16-18-36(32)28-7-4-6-25(20-28)24-10-14-29(38)15-11-24/h2-4,6-11,14-15,20,22,27,32,34,38H,5,12-13,16-19,21,23H2,1H3. The first-order chi connectivity index (χ1) is 19.6. The van der Waals surface area contributed by atoms with Gasteiger partial charge in [0.1, 0.15) is 11.8 Å². The molecule has 0 bridgehead atoms. The Bertz CT molecular complexity index is 1460. The molecule has 40 heavy (non-hydrogen) atoms. The summed E-state index contributed by atoms with van der Waals surface area (Å²) in [7, 11) is 1.74. The molecule has 4 aromatic rings. The van der Waals surface area contributed by atoms with Gasteiger partial charge >= 0.3 is 0 Å². The van der Waals surface area contributed by atoms with E-state index in [4.69, 9.17) is 4.74 Å². The highest BCUT2D eigenvalue weighted by Gasteiger charge is 2.39. The number of aromatic hydroxyl groups is 1. The summed E-state index contributed by atoms with van der Waals surface area (Å²) < 4.78 is 7.59. The summed E-state index contributed by atoms with van der Waals surface area (Å²) >= 11 is 0. The van der Waals surface area contributed by atoms with Gasteiger partial charge < -0.3 is 29.5 Å². The third-order valence-electron chi connectivity index (χ3n) is 8.14. The number of fused-ring (bicyclic) bond motifs is 1. The molecule has 1 saturated heterocycles. The Morgan fingerprint density at radius 1 is 1.05 bits per heavy atom. The van der Waals surface area contributed by atoms with Crippen molar-refractivity contribution >= 4 is 22.5 Å². The summed E-state index contributed by atoms with van der Waals surface area (Å²) in [4.78, 5) is 18.7. The van der Waals surface area contributed by atoms with Gasteiger partial charge in [0.15, 0.2) is 0 Å². The van der Waals surface area contributed by atoms with Crippen molar-refractivity contribution in [3.8, 4) is 16.9 Å². The quantitative estimate of drug-likeness (QED) is 0.278. The maximum atomic E-state index is 14.3.